The summed E-state index contributed by atoms with van der Waals surface area (Å²) in [7, 11) is 0. The number of carbonyl (C=O) groups is 2. The lowest BCUT2D eigenvalue weighted by Gasteiger charge is -2.52. The number of rotatable bonds is 7. The molecule has 66 heavy (non-hydrogen) atoms. The van der Waals surface area contributed by atoms with Crippen LogP contribution < -0.4 is 5.32 Å². The van der Waals surface area contributed by atoms with Gasteiger partial charge in [0.05, 0.1) is 18.1 Å². The maximum atomic E-state index is 13.0. The van der Waals surface area contributed by atoms with Gasteiger partial charge in [0.1, 0.15) is 6.10 Å². The molecule has 6 saturated heterocycles. The van der Waals surface area contributed by atoms with E-state index in [2.05, 4.69) is 128 Å². The summed E-state index contributed by atoms with van der Waals surface area (Å²) < 4.78 is 5.99. The third-order valence-electron chi connectivity index (χ3n) is 18.0. The van der Waals surface area contributed by atoms with E-state index in [9.17, 15) is 14.7 Å². The molecule has 2 amide bonds. The van der Waals surface area contributed by atoms with E-state index in [4.69, 9.17) is 4.74 Å². The van der Waals surface area contributed by atoms with Crippen molar-refractivity contribution < 1.29 is 19.4 Å². The summed E-state index contributed by atoms with van der Waals surface area (Å²) >= 11 is 0. The third kappa shape index (κ3) is 8.37. The molecular formula is C58H72N4O4. The maximum Gasteiger partial charge on any atom is 0.408 e. The minimum atomic E-state index is -0.718. The van der Waals surface area contributed by atoms with Gasteiger partial charge >= 0.3 is 12.2 Å². The number of fused-ring (bicyclic) bond motifs is 8. The van der Waals surface area contributed by atoms with Gasteiger partial charge in [-0.25, -0.2) is 9.59 Å². The van der Waals surface area contributed by atoms with E-state index < -0.39 is 6.09 Å². The number of amides is 2. The molecule has 0 radical (unpaired) electrons. The van der Waals surface area contributed by atoms with Gasteiger partial charge in [0, 0.05) is 13.1 Å². The Labute approximate surface area is 393 Å². The van der Waals surface area contributed by atoms with Crippen LogP contribution in [-0.2, 0) is 29.4 Å². The molecule has 2 unspecified atom stereocenters. The minimum absolute atomic E-state index is 0.00857. The Morgan fingerprint density at radius 2 is 1.27 bits per heavy atom. The van der Waals surface area contributed by atoms with Crippen LogP contribution >= 0.6 is 0 Å². The second kappa shape index (κ2) is 17.1. The van der Waals surface area contributed by atoms with Crippen LogP contribution in [0.4, 0.5) is 9.59 Å². The first-order valence-electron chi connectivity index (χ1n) is 25.8. The van der Waals surface area contributed by atoms with Crippen molar-refractivity contribution in [1.82, 2.24) is 20.0 Å². The predicted octanol–water partition coefficient (Wildman–Crippen LogP) is 12.0. The summed E-state index contributed by atoms with van der Waals surface area (Å²) in [5.41, 5.74) is 13.6. The molecule has 8 heteroatoms. The van der Waals surface area contributed by atoms with Crippen LogP contribution in [0.5, 0.6) is 0 Å². The second-order valence-electron chi connectivity index (χ2n) is 22.9. The van der Waals surface area contributed by atoms with E-state index in [1.807, 2.05) is 4.90 Å². The van der Waals surface area contributed by atoms with Gasteiger partial charge in [0.15, 0.2) is 0 Å². The monoisotopic (exact) mass is 889 g/mol. The molecule has 6 aliphatic heterocycles. The van der Waals surface area contributed by atoms with Crippen molar-refractivity contribution >= 4 is 12.2 Å². The van der Waals surface area contributed by atoms with Crippen LogP contribution in [0.2, 0.25) is 0 Å². The first-order chi connectivity index (χ1) is 31.9. The van der Waals surface area contributed by atoms with Gasteiger partial charge < -0.3 is 20.1 Å². The van der Waals surface area contributed by atoms with Crippen molar-refractivity contribution in [2.24, 2.45) is 22.7 Å². The highest BCUT2D eigenvalue weighted by atomic mass is 16.6. The molecule has 4 atom stereocenters. The molecule has 348 valence electrons. The van der Waals surface area contributed by atoms with Gasteiger partial charge in [-0.3, -0.25) is 9.80 Å². The number of alkyl carbamates (subject to hydrolysis) is 1. The largest absolute Gasteiger partial charge is 0.465 e. The molecule has 4 aromatic rings. The lowest BCUT2D eigenvalue weighted by Crippen LogP contribution is -2.60. The first-order valence-corrected chi connectivity index (χ1v) is 25.8. The molecule has 8 nitrogen and oxygen atoms in total. The SMILES string of the molecule is CC(C)(C)c1cccc(-c2ccc3c(c2)CCC2(CC2)[C@@H]3N(C(=O)O)C2CN3CCC2CC3)c1.CCc1cccc(-c2ccc3c(c2)CCC2(CC2)C3NC(=O)O[C@H]2CN3CCC2CC3)c1. The normalized spacial score (nSPS) is 29.2. The smallest absolute Gasteiger partial charge is 0.408 e. The zero-order valence-electron chi connectivity index (χ0n) is 40.0. The molecule has 0 aromatic heterocycles. The number of nitrogens with zero attached hydrogens (tertiary/aromatic N) is 3. The van der Waals surface area contributed by atoms with Gasteiger partial charge in [-0.05, 0) is 193 Å². The summed E-state index contributed by atoms with van der Waals surface area (Å²) in [5.74, 6) is 1.06. The number of carbonyl (C=O) groups excluding carboxylic acids is 1. The molecule has 6 heterocycles. The molecule has 2 spiro atoms. The van der Waals surface area contributed by atoms with Crippen molar-refractivity contribution in [1.29, 1.82) is 0 Å². The average Bonchev–Trinajstić information content (AvgIpc) is 4.29. The van der Waals surface area contributed by atoms with E-state index in [1.165, 1.54) is 68.5 Å². The third-order valence-corrected chi connectivity index (χ3v) is 18.0. The predicted molar refractivity (Wildman–Crippen MR) is 263 cm³/mol. The summed E-state index contributed by atoms with van der Waals surface area (Å²) in [6.45, 7) is 15.4. The van der Waals surface area contributed by atoms with Crippen LogP contribution in [0.15, 0.2) is 84.9 Å². The second-order valence-corrected chi connectivity index (χ2v) is 22.9. The summed E-state index contributed by atoms with van der Waals surface area (Å²) in [5, 5.41) is 13.9. The Hall–Kier alpha value is -4.66. The Balaban J connectivity index is 0.000000146. The molecule has 14 rings (SSSR count). The van der Waals surface area contributed by atoms with Gasteiger partial charge in [-0.1, -0.05) is 113 Å². The fourth-order valence-corrected chi connectivity index (χ4v) is 13.5. The topological polar surface area (TPSA) is 85.4 Å². The molecule has 4 aromatic carbocycles. The molecule has 2 N–H and O–H groups in total. The standard InChI is InChI=1S/C30H38N2O2.C28H34N2O2/c1-29(2,3)24-6-4-5-21(18-24)22-7-8-25-23(17-22)9-12-30(13-14-30)27(25)32(28(33)34)26-19-31-15-10-20(26)11-16-31;1-2-19-4-3-5-21(16-19)22-6-7-24-23(17-22)8-11-28(12-13-28)26(24)29-27(31)32-25-18-30-14-9-20(25)10-15-30/h4-8,17-18,20,26-27H,9-16,19H2,1-3H3,(H,33,34);3-7,16-17,20,25-26H,2,8-15,18H2,1H3,(H,29,31)/t26?,27-;25-,26?/m10/s1. The maximum absolute atomic E-state index is 13.0. The summed E-state index contributed by atoms with van der Waals surface area (Å²) in [4.78, 5) is 32.7. The number of nitrogens with one attached hydrogen (secondary N) is 1. The quantitative estimate of drug-likeness (QED) is 0.192. The zero-order chi connectivity index (χ0) is 45.4. The van der Waals surface area contributed by atoms with Gasteiger partial charge in [0.25, 0.3) is 0 Å². The number of hydrogen-bond acceptors (Lipinski definition) is 5. The summed E-state index contributed by atoms with van der Waals surface area (Å²) in [6.07, 6.45) is 14.0. The zero-order valence-corrected chi connectivity index (χ0v) is 40.0. The fraction of sp³-hybridized carbons (Fsp3) is 0.552. The van der Waals surface area contributed by atoms with Crippen LogP contribution in [0, 0.1) is 22.7 Å². The van der Waals surface area contributed by atoms with Crippen LogP contribution in [0.3, 0.4) is 0 Å². The lowest BCUT2D eigenvalue weighted by atomic mass is 9.73. The van der Waals surface area contributed by atoms with E-state index in [0.717, 1.165) is 110 Å². The number of carboxylic acid groups (broad SMARTS) is 1. The molecule has 10 aliphatic rings. The van der Waals surface area contributed by atoms with Crippen molar-refractivity contribution in [3.05, 3.63) is 118 Å². The number of aryl methyl sites for hydroxylation is 3. The highest BCUT2D eigenvalue weighted by Crippen LogP contribution is 2.64. The van der Waals surface area contributed by atoms with Crippen LogP contribution in [0.1, 0.15) is 137 Å². The minimum Gasteiger partial charge on any atom is -0.465 e. The molecule has 4 bridgehead atoms. The van der Waals surface area contributed by atoms with Crippen molar-refractivity contribution in [2.45, 2.75) is 141 Å². The highest BCUT2D eigenvalue weighted by Gasteiger charge is 2.58. The highest BCUT2D eigenvalue weighted by molar-refractivity contribution is 5.71. The first kappa shape index (κ1) is 43.9. The van der Waals surface area contributed by atoms with Gasteiger partial charge in [-0.15, -0.1) is 0 Å². The van der Waals surface area contributed by atoms with Crippen molar-refractivity contribution in [3.8, 4) is 22.3 Å². The number of benzene rings is 4. The Morgan fingerprint density at radius 3 is 1.85 bits per heavy atom. The van der Waals surface area contributed by atoms with Crippen molar-refractivity contribution in [2.75, 3.05) is 39.3 Å². The number of hydrogen-bond donors (Lipinski definition) is 2. The molecular weight excluding hydrogens is 817 g/mol. The van der Waals surface area contributed by atoms with E-state index in [0.29, 0.717) is 11.8 Å². The van der Waals surface area contributed by atoms with E-state index in [1.54, 1.807) is 0 Å². The van der Waals surface area contributed by atoms with E-state index >= 15 is 0 Å². The Kier molecular flexibility index (Phi) is 11.4. The van der Waals surface area contributed by atoms with Gasteiger partial charge in [0.2, 0.25) is 0 Å². The molecule has 2 saturated carbocycles. The van der Waals surface area contributed by atoms with Gasteiger partial charge in [-0.2, -0.15) is 0 Å². The lowest BCUT2D eigenvalue weighted by molar-refractivity contribution is -0.0347. The number of ether oxygens (including phenoxy) is 1. The molecule has 4 aliphatic carbocycles. The number of piperidine rings is 6. The Bertz CT molecular complexity index is 2470. The van der Waals surface area contributed by atoms with Crippen LogP contribution in [-0.4, -0.2) is 83.4 Å². The average molecular weight is 889 g/mol. The van der Waals surface area contributed by atoms with E-state index in [-0.39, 0.29) is 46.6 Å². The van der Waals surface area contributed by atoms with Crippen molar-refractivity contribution in [3.63, 3.8) is 0 Å². The fourth-order valence-electron chi connectivity index (χ4n) is 13.5. The summed E-state index contributed by atoms with van der Waals surface area (Å²) in [6, 6.07) is 31.7. The van der Waals surface area contributed by atoms with Crippen LogP contribution in [0.25, 0.3) is 22.3 Å². The Morgan fingerprint density at radius 1 is 0.697 bits per heavy atom. The molecule has 8 fully saturated rings.